The Labute approximate surface area is 168 Å². The molecule has 0 amide bonds. The lowest BCUT2D eigenvalue weighted by Crippen LogP contribution is -2.53. The van der Waals surface area contributed by atoms with Crippen LogP contribution in [0.25, 0.3) is 0 Å². The number of para-hydroxylation sites is 1. The fraction of sp³-hybridized carbons (Fsp3) is 0.429. The van der Waals surface area contributed by atoms with Gasteiger partial charge in [0.25, 0.3) is 0 Å². The van der Waals surface area contributed by atoms with Gasteiger partial charge in [0.15, 0.2) is 0 Å². The van der Waals surface area contributed by atoms with Crippen LogP contribution in [0.15, 0.2) is 57.2 Å². The van der Waals surface area contributed by atoms with E-state index < -0.39 is 10.8 Å². The van der Waals surface area contributed by atoms with Crippen molar-refractivity contribution in [2.24, 2.45) is 0 Å². The number of anilines is 2. The molecule has 2 aromatic rings. The molecule has 27 heavy (non-hydrogen) atoms. The van der Waals surface area contributed by atoms with E-state index in [-0.39, 0.29) is 10.7 Å². The van der Waals surface area contributed by atoms with E-state index in [2.05, 4.69) is 41.3 Å². The molecule has 3 atom stereocenters. The van der Waals surface area contributed by atoms with Crippen molar-refractivity contribution in [2.75, 3.05) is 31.3 Å². The van der Waals surface area contributed by atoms with Crippen LogP contribution in [0.5, 0.6) is 0 Å². The van der Waals surface area contributed by atoms with Crippen LogP contribution in [0.4, 0.5) is 11.4 Å². The van der Waals surface area contributed by atoms with Crippen LogP contribution in [0.2, 0.25) is 0 Å². The highest BCUT2D eigenvalue weighted by atomic mass is 32.2. The standard InChI is InChI=1S/C21H27N2O2S2/c1-23(24)14-6-5-7-16(23)12-13-22-18-8-3-4-9-20(18)26-21-11-10-17(27(2)25)15-19(21)22/h3-4,8-11,15-16,24H,5-7,12-14H2,1-2H3/q+1. The predicted molar refractivity (Wildman–Crippen MR) is 111 cm³/mol. The van der Waals surface area contributed by atoms with Crippen LogP contribution in [-0.2, 0) is 10.8 Å². The molecule has 144 valence electrons. The number of piperidine rings is 1. The molecule has 0 saturated carbocycles. The van der Waals surface area contributed by atoms with Crippen molar-refractivity contribution < 1.29 is 14.1 Å². The first-order valence-electron chi connectivity index (χ1n) is 9.55. The number of hydrogen-bond donors (Lipinski definition) is 1. The van der Waals surface area contributed by atoms with Crippen LogP contribution in [0.3, 0.4) is 0 Å². The molecule has 3 unspecified atom stereocenters. The molecule has 4 rings (SSSR count). The molecule has 1 saturated heterocycles. The van der Waals surface area contributed by atoms with E-state index in [0.717, 1.165) is 42.9 Å². The van der Waals surface area contributed by atoms with Crippen molar-refractivity contribution in [3.8, 4) is 0 Å². The molecular formula is C21H27N2O2S2+. The van der Waals surface area contributed by atoms with Gasteiger partial charge < -0.3 is 4.90 Å². The third-order valence-electron chi connectivity index (χ3n) is 5.80. The third kappa shape index (κ3) is 3.81. The van der Waals surface area contributed by atoms with Gasteiger partial charge in [0.05, 0.1) is 18.4 Å². The number of rotatable bonds is 4. The Hall–Kier alpha value is -1.34. The van der Waals surface area contributed by atoms with Gasteiger partial charge in [-0.25, -0.2) is 5.21 Å². The summed E-state index contributed by atoms with van der Waals surface area (Å²) < 4.78 is 12.2. The summed E-state index contributed by atoms with van der Waals surface area (Å²) in [5, 5.41) is 10.7. The summed E-state index contributed by atoms with van der Waals surface area (Å²) in [7, 11) is 0.941. The Morgan fingerprint density at radius 1 is 1.19 bits per heavy atom. The molecule has 0 aliphatic carbocycles. The van der Waals surface area contributed by atoms with Gasteiger partial charge in [-0.3, -0.25) is 4.21 Å². The summed E-state index contributed by atoms with van der Waals surface area (Å²) in [5.74, 6) is 0. The van der Waals surface area contributed by atoms with E-state index in [1.54, 1.807) is 18.0 Å². The van der Waals surface area contributed by atoms with E-state index in [1.165, 1.54) is 21.9 Å². The number of fused-ring (bicyclic) bond motifs is 2. The number of likely N-dealkylation sites (tertiary alicyclic amines) is 1. The first-order valence-corrected chi connectivity index (χ1v) is 11.9. The Kier molecular flexibility index (Phi) is 5.34. The van der Waals surface area contributed by atoms with Gasteiger partial charge in [0, 0.05) is 51.1 Å². The molecule has 2 aliphatic rings. The molecular weight excluding hydrogens is 376 g/mol. The lowest BCUT2D eigenvalue weighted by molar-refractivity contribution is -1.11. The van der Waals surface area contributed by atoms with Crippen molar-refractivity contribution in [3.05, 3.63) is 42.5 Å². The monoisotopic (exact) mass is 403 g/mol. The molecule has 2 aromatic carbocycles. The minimum Gasteiger partial charge on any atom is -0.339 e. The lowest BCUT2D eigenvalue weighted by atomic mass is 9.99. The van der Waals surface area contributed by atoms with Crippen LogP contribution in [-0.4, -0.2) is 46.5 Å². The summed E-state index contributed by atoms with van der Waals surface area (Å²) in [6, 6.07) is 14.9. The SMILES string of the molecule is CS(=O)c1ccc2c(c1)N(CCC1CCCC[N+]1(C)O)c1ccccc1S2. The Bertz CT molecular complexity index is 869. The van der Waals surface area contributed by atoms with Crippen molar-refractivity contribution >= 4 is 33.9 Å². The second-order valence-corrected chi connectivity index (χ2v) is 10.1. The fourth-order valence-corrected chi connectivity index (χ4v) is 5.82. The molecule has 4 nitrogen and oxygen atoms in total. The Morgan fingerprint density at radius 3 is 2.74 bits per heavy atom. The van der Waals surface area contributed by atoms with Gasteiger partial charge in [-0.15, -0.1) is 0 Å². The second-order valence-electron chi connectivity index (χ2n) is 7.68. The number of quaternary nitrogens is 1. The van der Waals surface area contributed by atoms with E-state index in [4.69, 9.17) is 0 Å². The summed E-state index contributed by atoms with van der Waals surface area (Å²) in [6.45, 7) is 1.69. The highest BCUT2D eigenvalue weighted by molar-refractivity contribution is 7.99. The van der Waals surface area contributed by atoms with Gasteiger partial charge in [-0.05, 0) is 43.2 Å². The predicted octanol–water partition coefficient (Wildman–Crippen LogP) is 4.81. The van der Waals surface area contributed by atoms with Crippen LogP contribution >= 0.6 is 11.8 Å². The minimum atomic E-state index is -0.999. The van der Waals surface area contributed by atoms with E-state index in [9.17, 15) is 9.42 Å². The van der Waals surface area contributed by atoms with Crippen LogP contribution in [0, 0.1) is 0 Å². The normalized spacial score (nSPS) is 25.6. The maximum atomic E-state index is 12.0. The molecule has 6 heteroatoms. The highest BCUT2D eigenvalue weighted by Gasteiger charge is 2.35. The van der Waals surface area contributed by atoms with Gasteiger partial charge in [0.2, 0.25) is 0 Å². The van der Waals surface area contributed by atoms with E-state index >= 15 is 0 Å². The second kappa shape index (κ2) is 7.59. The van der Waals surface area contributed by atoms with E-state index in [1.807, 2.05) is 13.1 Å². The smallest absolute Gasteiger partial charge is 0.120 e. The third-order valence-corrected chi connectivity index (χ3v) is 7.85. The molecule has 0 radical (unpaired) electrons. The summed E-state index contributed by atoms with van der Waals surface area (Å²) in [6.07, 6.45) is 6.03. The quantitative estimate of drug-likeness (QED) is 0.744. The molecule has 1 N–H and O–H groups in total. The topological polar surface area (TPSA) is 40.5 Å². The maximum absolute atomic E-state index is 12.0. The fourth-order valence-electron chi connectivity index (χ4n) is 4.20. The van der Waals surface area contributed by atoms with Gasteiger partial charge in [-0.1, -0.05) is 23.9 Å². The first kappa shape index (κ1) is 19.0. The molecule has 2 aliphatic heterocycles. The summed E-state index contributed by atoms with van der Waals surface area (Å²) >= 11 is 1.77. The van der Waals surface area contributed by atoms with Crippen LogP contribution < -0.4 is 4.90 Å². The number of benzene rings is 2. The summed E-state index contributed by atoms with van der Waals surface area (Å²) in [5.41, 5.74) is 2.34. The van der Waals surface area contributed by atoms with Gasteiger partial charge >= 0.3 is 0 Å². The van der Waals surface area contributed by atoms with Crippen LogP contribution in [0.1, 0.15) is 25.7 Å². The average molecular weight is 404 g/mol. The largest absolute Gasteiger partial charge is 0.339 e. The van der Waals surface area contributed by atoms with E-state index in [0.29, 0.717) is 0 Å². The maximum Gasteiger partial charge on any atom is 0.120 e. The minimum absolute atomic E-state index is 0.135. The first-order chi connectivity index (χ1) is 13.0. The molecule has 2 heterocycles. The zero-order chi connectivity index (χ0) is 19.0. The number of nitrogens with zero attached hydrogens (tertiary/aromatic N) is 2. The molecule has 0 bridgehead atoms. The zero-order valence-electron chi connectivity index (χ0n) is 15.9. The Balaban J connectivity index is 1.66. The molecule has 0 spiro atoms. The highest BCUT2D eigenvalue weighted by Crippen LogP contribution is 2.48. The summed E-state index contributed by atoms with van der Waals surface area (Å²) in [4.78, 5) is 5.67. The Morgan fingerprint density at radius 2 is 1.96 bits per heavy atom. The van der Waals surface area contributed by atoms with Gasteiger partial charge in [0.1, 0.15) is 12.6 Å². The number of hydrogen-bond acceptors (Lipinski definition) is 4. The molecule has 0 aromatic heterocycles. The van der Waals surface area contributed by atoms with Crippen molar-refractivity contribution in [2.45, 2.75) is 46.4 Å². The van der Waals surface area contributed by atoms with Gasteiger partial charge in [-0.2, -0.15) is 4.65 Å². The van der Waals surface area contributed by atoms with Crippen molar-refractivity contribution in [3.63, 3.8) is 0 Å². The lowest BCUT2D eigenvalue weighted by Gasteiger charge is -2.39. The molecule has 1 fully saturated rings. The van der Waals surface area contributed by atoms with Crippen molar-refractivity contribution in [1.82, 2.24) is 0 Å². The van der Waals surface area contributed by atoms with Crippen molar-refractivity contribution in [1.29, 1.82) is 0 Å². The average Bonchev–Trinajstić information content (AvgIpc) is 2.65. The number of hydroxylamine groups is 3. The zero-order valence-corrected chi connectivity index (χ0v) is 17.6.